The second-order valence-electron chi connectivity index (χ2n) is 5.42. The molecule has 0 aliphatic rings. The molecule has 0 unspecified atom stereocenters. The van der Waals surface area contributed by atoms with Crippen molar-refractivity contribution in [1.82, 2.24) is 5.32 Å². The summed E-state index contributed by atoms with van der Waals surface area (Å²) in [6.07, 6.45) is 11.1. The van der Waals surface area contributed by atoms with Gasteiger partial charge in [0, 0.05) is 17.8 Å². The zero-order valence-electron chi connectivity index (χ0n) is 13.6. The summed E-state index contributed by atoms with van der Waals surface area (Å²) in [4.78, 5) is 11.8. The third kappa shape index (κ3) is 8.00. The van der Waals surface area contributed by atoms with Crippen LogP contribution >= 0.6 is 0 Å². The van der Waals surface area contributed by atoms with Gasteiger partial charge in [-0.1, -0.05) is 37.3 Å². The van der Waals surface area contributed by atoms with Crippen molar-refractivity contribution in [3.8, 4) is 0 Å². The van der Waals surface area contributed by atoms with Crippen LogP contribution in [0.5, 0.6) is 0 Å². The summed E-state index contributed by atoms with van der Waals surface area (Å²) in [6.45, 7) is 5.43. The average Bonchev–Trinajstić information content (AvgIpc) is 2.49. The predicted octanol–water partition coefficient (Wildman–Crippen LogP) is 4.27. The Bertz CT molecular complexity index is 591. The number of hydrogen-bond acceptors (Lipinski definition) is 2. The Balaban J connectivity index is 2.21. The molecule has 0 heterocycles. The van der Waals surface area contributed by atoms with Gasteiger partial charge in [0.05, 0.1) is 0 Å². The van der Waals surface area contributed by atoms with E-state index in [1.165, 1.54) is 12.1 Å². The van der Waals surface area contributed by atoms with Crippen LogP contribution in [0.25, 0.3) is 0 Å². The van der Waals surface area contributed by atoms with Crippen molar-refractivity contribution in [3.63, 3.8) is 0 Å². The maximum absolute atomic E-state index is 12.9. The molecule has 0 atom stereocenters. The topological polar surface area (TPSA) is 55.1 Å². The van der Waals surface area contributed by atoms with Crippen molar-refractivity contribution >= 4 is 11.6 Å². The molecule has 0 aliphatic carbocycles. The first-order valence-corrected chi connectivity index (χ1v) is 7.82. The van der Waals surface area contributed by atoms with Gasteiger partial charge in [-0.05, 0) is 50.0 Å². The van der Waals surface area contributed by atoms with Gasteiger partial charge in [0.1, 0.15) is 5.82 Å². The van der Waals surface area contributed by atoms with E-state index in [9.17, 15) is 9.18 Å². The molecule has 1 rings (SSSR count). The number of unbranched alkanes of at least 4 members (excludes halogenated alkanes) is 2. The number of benzene rings is 1. The molecule has 0 spiro atoms. The van der Waals surface area contributed by atoms with Crippen molar-refractivity contribution in [2.24, 2.45) is 0 Å². The molecular formula is C19H25FN2O. The van der Waals surface area contributed by atoms with Crippen LogP contribution in [-0.2, 0) is 11.2 Å². The summed E-state index contributed by atoms with van der Waals surface area (Å²) in [5.41, 5.74) is 8.04. The van der Waals surface area contributed by atoms with Crippen LogP contribution in [-0.4, -0.2) is 5.91 Å². The van der Waals surface area contributed by atoms with Crippen LogP contribution in [0.15, 0.2) is 54.8 Å². The van der Waals surface area contributed by atoms with Crippen LogP contribution in [0.1, 0.15) is 38.2 Å². The number of nitrogens with one attached hydrogen (secondary N) is 1. The second kappa shape index (κ2) is 10.4. The molecule has 4 heteroatoms. The van der Waals surface area contributed by atoms with E-state index < -0.39 is 0 Å². The number of amides is 1. The monoisotopic (exact) mass is 316 g/mol. The van der Waals surface area contributed by atoms with Crippen molar-refractivity contribution in [2.75, 3.05) is 5.73 Å². The largest absolute Gasteiger partial charge is 0.398 e. The number of halogens is 1. The summed E-state index contributed by atoms with van der Waals surface area (Å²) < 4.78 is 12.9. The van der Waals surface area contributed by atoms with E-state index in [1.807, 2.05) is 19.1 Å². The number of aryl methyl sites for hydroxylation is 1. The van der Waals surface area contributed by atoms with Crippen molar-refractivity contribution in [3.05, 3.63) is 66.2 Å². The van der Waals surface area contributed by atoms with Gasteiger partial charge in [0.15, 0.2) is 0 Å². The molecule has 124 valence electrons. The number of nitrogens with two attached hydrogens (primary N) is 1. The lowest BCUT2D eigenvalue weighted by molar-refractivity contribution is -0.120. The average molecular weight is 316 g/mol. The zero-order valence-corrected chi connectivity index (χ0v) is 13.6. The van der Waals surface area contributed by atoms with Gasteiger partial charge in [-0.3, -0.25) is 4.79 Å². The van der Waals surface area contributed by atoms with Crippen LogP contribution < -0.4 is 11.1 Å². The van der Waals surface area contributed by atoms with Gasteiger partial charge >= 0.3 is 0 Å². The van der Waals surface area contributed by atoms with Gasteiger partial charge in [0.25, 0.3) is 0 Å². The smallest absolute Gasteiger partial charge is 0.224 e. The maximum Gasteiger partial charge on any atom is 0.224 e. The Morgan fingerprint density at radius 1 is 1.30 bits per heavy atom. The molecule has 3 N–H and O–H groups in total. The first-order chi connectivity index (χ1) is 11.0. The summed E-state index contributed by atoms with van der Waals surface area (Å²) in [6, 6.07) is 4.50. The summed E-state index contributed by atoms with van der Waals surface area (Å²) in [5, 5.41) is 2.84. The highest BCUT2D eigenvalue weighted by molar-refractivity contribution is 5.77. The van der Waals surface area contributed by atoms with E-state index in [0.717, 1.165) is 36.9 Å². The van der Waals surface area contributed by atoms with Gasteiger partial charge < -0.3 is 11.1 Å². The van der Waals surface area contributed by atoms with E-state index in [-0.39, 0.29) is 11.7 Å². The number of allylic oxidation sites excluding steroid dienone is 5. The lowest BCUT2D eigenvalue weighted by atomic mass is 10.0. The van der Waals surface area contributed by atoms with Crippen LogP contribution in [0.4, 0.5) is 10.1 Å². The highest BCUT2D eigenvalue weighted by atomic mass is 19.1. The number of anilines is 1. The molecule has 23 heavy (non-hydrogen) atoms. The van der Waals surface area contributed by atoms with Crippen LogP contribution in [0.2, 0.25) is 0 Å². The summed E-state index contributed by atoms with van der Waals surface area (Å²) in [5.74, 6) is -0.290. The Morgan fingerprint density at radius 3 is 2.78 bits per heavy atom. The highest BCUT2D eigenvalue weighted by Gasteiger charge is 2.03. The van der Waals surface area contributed by atoms with Crippen LogP contribution in [0, 0.1) is 5.82 Å². The van der Waals surface area contributed by atoms with Crippen molar-refractivity contribution < 1.29 is 9.18 Å². The molecule has 1 amide bonds. The highest BCUT2D eigenvalue weighted by Crippen LogP contribution is 2.16. The molecule has 0 fully saturated rings. The van der Waals surface area contributed by atoms with E-state index in [2.05, 4.69) is 11.9 Å². The molecule has 0 bridgehead atoms. The number of carbonyl (C=O) groups is 1. The van der Waals surface area contributed by atoms with Crippen molar-refractivity contribution in [2.45, 2.75) is 39.0 Å². The minimum absolute atomic E-state index is 0.0204. The van der Waals surface area contributed by atoms with Gasteiger partial charge in [-0.2, -0.15) is 0 Å². The Morgan fingerprint density at radius 2 is 2.09 bits per heavy atom. The lowest BCUT2D eigenvalue weighted by Gasteiger charge is -2.06. The van der Waals surface area contributed by atoms with Gasteiger partial charge in [-0.25, -0.2) is 4.39 Å². The fraction of sp³-hybridized carbons (Fsp3) is 0.316. The molecule has 0 saturated carbocycles. The van der Waals surface area contributed by atoms with Crippen LogP contribution in [0.3, 0.4) is 0 Å². The molecular weight excluding hydrogens is 291 g/mol. The standard InChI is InChI=1S/C19H25FN2O/c1-3-4-6-9-15(2)22-19(23)11-8-5-7-10-16-12-13-17(20)14-18(16)21/h3-4,6,9,12-14H,1,5,7-8,10-11,21H2,2H3,(H,22,23)/b6-4-,15-9+. The minimum atomic E-state index is -0.311. The van der Waals surface area contributed by atoms with E-state index in [0.29, 0.717) is 12.1 Å². The first kappa shape index (κ1) is 18.7. The maximum atomic E-state index is 12.9. The molecule has 0 aromatic heterocycles. The first-order valence-electron chi connectivity index (χ1n) is 7.82. The van der Waals surface area contributed by atoms with E-state index in [4.69, 9.17) is 5.73 Å². The van der Waals surface area contributed by atoms with E-state index >= 15 is 0 Å². The number of hydrogen-bond donors (Lipinski definition) is 2. The fourth-order valence-corrected chi connectivity index (χ4v) is 2.17. The van der Waals surface area contributed by atoms with E-state index in [1.54, 1.807) is 18.2 Å². The minimum Gasteiger partial charge on any atom is -0.398 e. The molecule has 3 nitrogen and oxygen atoms in total. The molecule has 1 aromatic rings. The number of nitrogen functional groups attached to an aromatic ring is 1. The quantitative estimate of drug-likeness (QED) is 0.406. The third-order valence-corrected chi connectivity index (χ3v) is 3.39. The summed E-state index contributed by atoms with van der Waals surface area (Å²) >= 11 is 0. The van der Waals surface area contributed by atoms with Crippen molar-refractivity contribution in [1.29, 1.82) is 0 Å². The Kier molecular flexibility index (Phi) is 8.43. The number of carbonyl (C=O) groups excluding carboxylic acids is 1. The van der Waals surface area contributed by atoms with Gasteiger partial charge in [0.2, 0.25) is 5.91 Å². The fourth-order valence-electron chi connectivity index (χ4n) is 2.17. The molecule has 0 radical (unpaired) electrons. The zero-order chi connectivity index (χ0) is 17.1. The Hall–Kier alpha value is -2.36. The lowest BCUT2D eigenvalue weighted by Crippen LogP contribution is -2.20. The Labute approximate surface area is 137 Å². The molecule has 0 saturated heterocycles. The second-order valence-corrected chi connectivity index (χ2v) is 5.42. The summed E-state index contributed by atoms with van der Waals surface area (Å²) in [7, 11) is 0. The molecule has 0 aliphatic heterocycles. The normalized spacial score (nSPS) is 11.7. The third-order valence-electron chi connectivity index (χ3n) is 3.39. The molecule has 1 aromatic carbocycles. The number of rotatable bonds is 9. The van der Waals surface area contributed by atoms with Gasteiger partial charge in [-0.15, -0.1) is 0 Å². The predicted molar refractivity (Wildman–Crippen MR) is 94.2 cm³/mol. The SMILES string of the molecule is C=C/C=C\C=C(/C)NC(=O)CCCCCc1ccc(F)cc1N.